The van der Waals surface area contributed by atoms with Crippen LogP contribution in [-0.2, 0) is 24.3 Å². The number of hydrogen-bond acceptors (Lipinski definition) is 5. The molecule has 1 heterocycles. The van der Waals surface area contributed by atoms with Gasteiger partial charge in [0.25, 0.3) is 0 Å². The van der Waals surface area contributed by atoms with Crippen molar-refractivity contribution >= 4 is 26.1 Å². The molecule has 1 spiro atoms. The highest BCUT2D eigenvalue weighted by Gasteiger charge is 2.75. The lowest BCUT2D eigenvalue weighted by Crippen LogP contribution is -2.74. The summed E-state index contributed by atoms with van der Waals surface area (Å²) in [4.78, 5) is 26.0. The summed E-state index contributed by atoms with van der Waals surface area (Å²) in [5.41, 5.74) is 2.06. The van der Waals surface area contributed by atoms with Crippen molar-refractivity contribution in [2.75, 3.05) is 12.4 Å². The van der Waals surface area contributed by atoms with E-state index in [1.807, 2.05) is 30.3 Å². The van der Waals surface area contributed by atoms with Crippen molar-refractivity contribution in [3.05, 3.63) is 41.5 Å². The molecule has 1 amide bonds. The molecule has 0 aromatic heterocycles. The fourth-order valence-electron chi connectivity index (χ4n) is 7.83. The van der Waals surface area contributed by atoms with E-state index in [1.54, 1.807) is 0 Å². The largest absolute Gasteiger partial charge is 0.466 e. The van der Waals surface area contributed by atoms with E-state index in [0.717, 1.165) is 17.7 Å². The van der Waals surface area contributed by atoms with Crippen molar-refractivity contribution in [2.24, 2.45) is 17.3 Å². The van der Waals surface area contributed by atoms with Gasteiger partial charge in [0.2, 0.25) is 8.32 Å². The second-order valence-electron chi connectivity index (χ2n) is 11.9. The van der Waals surface area contributed by atoms with Crippen LogP contribution in [-0.4, -0.2) is 33.6 Å². The lowest BCUT2D eigenvalue weighted by molar-refractivity contribution is -0.277. The van der Waals surface area contributed by atoms with Crippen molar-refractivity contribution < 1.29 is 23.5 Å². The van der Waals surface area contributed by atoms with Gasteiger partial charge in [0.05, 0.1) is 24.5 Å². The minimum absolute atomic E-state index is 0.188. The Balaban J connectivity index is 1.94. The van der Waals surface area contributed by atoms with Crippen molar-refractivity contribution in [2.45, 2.75) is 90.1 Å². The maximum Gasteiger partial charge on any atom is 0.412 e. The van der Waals surface area contributed by atoms with Gasteiger partial charge in [-0.25, -0.2) is 9.59 Å². The van der Waals surface area contributed by atoms with E-state index >= 15 is 0 Å². The number of anilines is 1. The van der Waals surface area contributed by atoms with Gasteiger partial charge in [0.1, 0.15) is 0 Å². The minimum Gasteiger partial charge on any atom is -0.466 e. The number of esters is 1. The van der Waals surface area contributed by atoms with Crippen molar-refractivity contribution in [1.82, 2.24) is 0 Å². The molecule has 35 heavy (non-hydrogen) atoms. The summed E-state index contributed by atoms with van der Waals surface area (Å²) in [7, 11) is -0.971. The molecule has 4 rings (SSSR count). The monoisotopic (exact) mass is 499 g/mol. The molecule has 6 nitrogen and oxygen atoms in total. The Labute approximate surface area is 210 Å². The topological polar surface area (TPSA) is 73.9 Å². The molecule has 1 saturated carbocycles. The number of carbonyl (C=O) groups excluding carboxylic acids is 2. The van der Waals surface area contributed by atoms with Crippen LogP contribution in [0.25, 0.3) is 0 Å². The zero-order valence-corrected chi connectivity index (χ0v) is 23.6. The van der Waals surface area contributed by atoms with Gasteiger partial charge in [-0.05, 0) is 35.0 Å². The molecule has 0 saturated heterocycles. The molecule has 3 aliphatic rings. The highest BCUT2D eigenvalue weighted by Crippen LogP contribution is 2.72. The van der Waals surface area contributed by atoms with E-state index in [2.05, 4.69) is 60.7 Å². The maximum atomic E-state index is 13.1. The summed E-state index contributed by atoms with van der Waals surface area (Å²) >= 11 is 0. The van der Waals surface area contributed by atoms with Crippen LogP contribution in [0.4, 0.5) is 10.5 Å². The number of allylic oxidation sites excluding steroid dienone is 1. The minimum atomic E-state index is -2.39. The van der Waals surface area contributed by atoms with Crippen molar-refractivity contribution in [1.29, 1.82) is 0 Å². The summed E-state index contributed by atoms with van der Waals surface area (Å²) in [6, 6.07) is 7.87. The Kier molecular flexibility index (Phi) is 6.50. The summed E-state index contributed by atoms with van der Waals surface area (Å²) < 4.78 is 18.9. The Morgan fingerprint density at radius 1 is 1.09 bits per heavy atom. The smallest absolute Gasteiger partial charge is 0.412 e. The van der Waals surface area contributed by atoms with Gasteiger partial charge in [-0.1, -0.05) is 79.7 Å². The Morgan fingerprint density at radius 2 is 1.69 bits per heavy atom. The third-order valence-electron chi connectivity index (χ3n) is 9.29. The lowest BCUT2D eigenvalue weighted by atomic mass is 9.39. The number of amides is 1. The average Bonchev–Trinajstić information content (AvgIpc) is 2.79. The molecule has 1 aromatic rings. The first-order valence-electron chi connectivity index (χ1n) is 12.9. The fourth-order valence-corrected chi connectivity index (χ4v) is 13.4. The van der Waals surface area contributed by atoms with Gasteiger partial charge in [0.15, 0.2) is 5.60 Å². The van der Waals surface area contributed by atoms with Crippen LogP contribution in [0.3, 0.4) is 0 Å². The average molecular weight is 500 g/mol. The molecule has 192 valence electrons. The Hall–Kier alpha value is -2.12. The zero-order valence-electron chi connectivity index (χ0n) is 22.6. The van der Waals surface area contributed by atoms with Crippen molar-refractivity contribution in [3.63, 3.8) is 0 Å². The van der Waals surface area contributed by atoms with E-state index in [0.29, 0.717) is 22.2 Å². The predicted molar refractivity (Wildman–Crippen MR) is 140 cm³/mol. The standard InChI is InChI=1S/C28H41NO5Si/c1-16(2)35(17(3)4,18(5)6)34-24-19(25(30)32-9)14-15-21-23(24)28(27(21,7)8)20-12-10-11-13-22(20)29-26(31)33-28/h10-14,16-18,21,23-24H,15H2,1-9H3,(H,29,31)/t21-,23-,24-,28+/m0/s1. The molecule has 7 heteroatoms. The third kappa shape index (κ3) is 3.45. The summed E-state index contributed by atoms with van der Waals surface area (Å²) in [5.74, 6) is -0.356. The van der Waals surface area contributed by atoms with Crippen molar-refractivity contribution in [3.8, 4) is 0 Å². The SMILES string of the molecule is COC(=O)C1=CC[C@H]2[C@@H]([C@H]1O[Si](C(C)C)(C(C)C)C(C)C)[C@@]1(OC(=O)Nc3ccccc31)C2(C)C. The van der Waals surface area contributed by atoms with E-state index in [-0.39, 0.29) is 23.2 Å². The summed E-state index contributed by atoms with van der Waals surface area (Å²) in [6.45, 7) is 17.8. The highest BCUT2D eigenvalue weighted by molar-refractivity contribution is 6.77. The van der Waals surface area contributed by atoms with Gasteiger partial charge >= 0.3 is 12.1 Å². The number of fused-ring (bicyclic) bond motifs is 4. The van der Waals surface area contributed by atoms with Crippen LogP contribution in [0.5, 0.6) is 0 Å². The van der Waals surface area contributed by atoms with E-state index in [4.69, 9.17) is 13.9 Å². The van der Waals surface area contributed by atoms with E-state index in [1.165, 1.54) is 7.11 Å². The molecule has 0 radical (unpaired) electrons. The maximum absolute atomic E-state index is 13.1. The van der Waals surface area contributed by atoms with E-state index < -0.39 is 26.1 Å². The normalized spacial score (nSPS) is 29.2. The Bertz CT molecular complexity index is 1020. The fraction of sp³-hybridized carbons (Fsp3) is 0.643. The van der Waals surface area contributed by atoms with Gasteiger partial charge in [-0.2, -0.15) is 0 Å². The highest BCUT2D eigenvalue weighted by atomic mass is 28.4. The van der Waals surface area contributed by atoms with Crippen LogP contribution < -0.4 is 5.32 Å². The predicted octanol–water partition coefficient (Wildman–Crippen LogP) is 6.78. The number of hydrogen-bond donors (Lipinski definition) is 1. The summed E-state index contributed by atoms with van der Waals surface area (Å²) in [5, 5.41) is 2.88. The molecule has 1 aliphatic heterocycles. The number of ether oxygens (including phenoxy) is 2. The lowest BCUT2D eigenvalue weighted by Gasteiger charge is -2.70. The number of benzene rings is 1. The van der Waals surface area contributed by atoms with Gasteiger partial charge in [-0.15, -0.1) is 0 Å². The van der Waals surface area contributed by atoms with Gasteiger partial charge in [0, 0.05) is 16.9 Å². The second-order valence-corrected chi connectivity index (χ2v) is 17.3. The number of nitrogens with one attached hydrogen (secondary N) is 1. The summed E-state index contributed by atoms with van der Waals surface area (Å²) in [6.07, 6.45) is 1.77. The molecule has 1 fully saturated rings. The third-order valence-corrected chi connectivity index (χ3v) is 15.4. The molecular weight excluding hydrogens is 458 g/mol. The molecule has 0 bridgehead atoms. The van der Waals surface area contributed by atoms with Gasteiger partial charge < -0.3 is 13.9 Å². The number of rotatable bonds is 6. The van der Waals surface area contributed by atoms with Crippen LogP contribution in [0.2, 0.25) is 16.6 Å². The molecule has 2 aliphatic carbocycles. The molecule has 4 atom stereocenters. The van der Waals surface area contributed by atoms with Crippen LogP contribution >= 0.6 is 0 Å². The number of para-hydroxylation sites is 1. The van der Waals surface area contributed by atoms with Crippen LogP contribution in [0.15, 0.2) is 35.9 Å². The zero-order chi connectivity index (χ0) is 25.9. The van der Waals surface area contributed by atoms with Crippen LogP contribution in [0.1, 0.15) is 67.4 Å². The molecular formula is C28H41NO5Si. The molecule has 1 aromatic carbocycles. The number of methoxy groups -OCH3 is 1. The molecule has 1 N–H and O–H groups in total. The van der Waals surface area contributed by atoms with Gasteiger partial charge in [-0.3, -0.25) is 5.32 Å². The molecule has 0 unspecified atom stereocenters. The number of carbonyl (C=O) groups is 2. The first kappa shape index (κ1) is 26.0. The quantitative estimate of drug-likeness (QED) is 0.345. The van der Waals surface area contributed by atoms with Crippen LogP contribution in [0, 0.1) is 17.3 Å². The second kappa shape index (κ2) is 8.77. The Morgan fingerprint density at radius 3 is 2.26 bits per heavy atom. The first-order valence-corrected chi connectivity index (χ1v) is 15.1. The first-order chi connectivity index (χ1) is 16.4. The van der Waals surface area contributed by atoms with E-state index in [9.17, 15) is 9.59 Å².